The summed E-state index contributed by atoms with van der Waals surface area (Å²) in [5.74, 6) is -2.76. The van der Waals surface area contributed by atoms with Gasteiger partial charge in [-0.3, -0.25) is 4.90 Å². The Hall–Kier alpha value is -0.480. The molecular formula is C13H16BrF2N. The number of alkyl halides is 3. The SMILES string of the molecule is FC(F)(CN(CCBr)C1CC1)c1ccccc1. The van der Waals surface area contributed by atoms with E-state index in [0.717, 1.165) is 18.2 Å². The summed E-state index contributed by atoms with van der Waals surface area (Å²) in [4.78, 5) is 1.89. The second-order valence-electron chi connectivity index (χ2n) is 4.46. The first-order valence-electron chi connectivity index (χ1n) is 5.87. The minimum atomic E-state index is -2.76. The van der Waals surface area contributed by atoms with E-state index >= 15 is 0 Å². The largest absolute Gasteiger partial charge is 0.293 e. The molecule has 0 spiro atoms. The number of hydrogen-bond acceptors (Lipinski definition) is 1. The van der Waals surface area contributed by atoms with Gasteiger partial charge in [-0.15, -0.1) is 0 Å². The molecule has 0 N–H and O–H groups in total. The Morgan fingerprint density at radius 1 is 1.24 bits per heavy atom. The highest BCUT2D eigenvalue weighted by Crippen LogP contribution is 2.34. The van der Waals surface area contributed by atoms with E-state index in [2.05, 4.69) is 15.9 Å². The zero-order valence-electron chi connectivity index (χ0n) is 9.58. The lowest BCUT2D eigenvalue weighted by atomic mass is 10.1. The Morgan fingerprint density at radius 3 is 2.41 bits per heavy atom. The maximum absolute atomic E-state index is 14.1. The molecule has 1 nitrogen and oxygen atoms in total. The van der Waals surface area contributed by atoms with E-state index in [1.807, 2.05) is 4.90 Å². The molecule has 0 aromatic heterocycles. The maximum Gasteiger partial charge on any atom is 0.285 e. The summed E-state index contributed by atoms with van der Waals surface area (Å²) in [6.45, 7) is 0.514. The lowest BCUT2D eigenvalue weighted by molar-refractivity contribution is -0.0385. The molecule has 0 saturated heterocycles. The fraction of sp³-hybridized carbons (Fsp3) is 0.538. The third-order valence-electron chi connectivity index (χ3n) is 3.03. The van der Waals surface area contributed by atoms with Crippen molar-refractivity contribution in [1.82, 2.24) is 4.90 Å². The fourth-order valence-corrected chi connectivity index (χ4v) is 2.42. The lowest BCUT2D eigenvalue weighted by Crippen LogP contribution is -2.38. The average molecular weight is 304 g/mol. The van der Waals surface area contributed by atoms with Crippen molar-refractivity contribution >= 4 is 15.9 Å². The predicted octanol–water partition coefficient (Wildman–Crippen LogP) is 3.64. The van der Waals surface area contributed by atoms with Crippen LogP contribution in [0.25, 0.3) is 0 Å². The second-order valence-corrected chi connectivity index (χ2v) is 5.25. The van der Waals surface area contributed by atoms with Crippen LogP contribution in [-0.2, 0) is 5.92 Å². The summed E-state index contributed by atoms with van der Waals surface area (Å²) < 4.78 is 28.1. The summed E-state index contributed by atoms with van der Waals surface area (Å²) in [5, 5.41) is 0.744. The van der Waals surface area contributed by atoms with Crippen molar-refractivity contribution in [1.29, 1.82) is 0 Å². The van der Waals surface area contributed by atoms with Crippen molar-refractivity contribution < 1.29 is 8.78 Å². The summed E-state index contributed by atoms with van der Waals surface area (Å²) in [7, 11) is 0. The predicted molar refractivity (Wildman–Crippen MR) is 68.7 cm³/mol. The van der Waals surface area contributed by atoms with E-state index in [4.69, 9.17) is 0 Å². The van der Waals surface area contributed by atoms with Crippen LogP contribution >= 0.6 is 15.9 Å². The average Bonchev–Trinajstić information content (AvgIpc) is 3.13. The van der Waals surface area contributed by atoms with Gasteiger partial charge in [0, 0.05) is 23.5 Å². The van der Waals surface area contributed by atoms with Gasteiger partial charge in [-0.2, -0.15) is 8.78 Å². The van der Waals surface area contributed by atoms with Crippen LogP contribution in [0.4, 0.5) is 8.78 Å². The van der Waals surface area contributed by atoms with Gasteiger partial charge >= 0.3 is 0 Å². The van der Waals surface area contributed by atoms with Crippen molar-refractivity contribution in [3.63, 3.8) is 0 Å². The van der Waals surface area contributed by atoms with E-state index in [9.17, 15) is 8.78 Å². The van der Waals surface area contributed by atoms with Crippen LogP contribution in [0.15, 0.2) is 30.3 Å². The van der Waals surface area contributed by atoms with Gasteiger partial charge in [0.15, 0.2) is 0 Å². The molecule has 0 unspecified atom stereocenters. The van der Waals surface area contributed by atoms with Gasteiger partial charge < -0.3 is 0 Å². The monoisotopic (exact) mass is 303 g/mol. The van der Waals surface area contributed by atoms with Crippen LogP contribution in [0.5, 0.6) is 0 Å². The highest BCUT2D eigenvalue weighted by molar-refractivity contribution is 9.09. The first-order valence-corrected chi connectivity index (χ1v) is 6.99. The number of hydrogen-bond donors (Lipinski definition) is 0. The van der Waals surface area contributed by atoms with Crippen molar-refractivity contribution in [2.45, 2.75) is 24.8 Å². The van der Waals surface area contributed by atoms with Crippen molar-refractivity contribution in [3.8, 4) is 0 Å². The molecule has 1 fully saturated rings. The highest BCUT2D eigenvalue weighted by Gasteiger charge is 2.38. The van der Waals surface area contributed by atoms with Crippen molar-refractivity contribution in [2.75, 3.05) is 18.4 Å². The third kappa shape index (κ3) is 3.49. The zero-order valence-corrected chi connectivity index (χ0v) is 11.2. The van der Waals surface area contributed by atoms with Gasteiger partial charge in [0.25, 0.3) is 5.92 Å². The van der Waals surface area contributed by atoms with Crippen LogP contribution in [0.2, 0.25) is 0 Å². The number of nitrogens with zero attached hydrogens (tertiary/aromatic N) is 1. The molecule has 1 aromatic carbocycles. The molecule has 1 aromatic rings. The van der Waals surface area contributed by atoms with E-state index in [1.165, 1.54) is 12.1 Å². The highest BCUT2D eigenvalue weighted by atomic mass is 79.9. The molecular weight excluding hydrogens is 288 g/mol. The normalized spacial score (nSPS) is 16.5. The smallest absolute Gasteiger partial charge is 0.285 e. The molecule has 0 amide bonds. The van der Waals surface area contributed by atoms with Crippen LogP contribution in [0, 0.1) is 0 Å². The Bertz CT molecular complexity index is 352. The van der Waals surface area contributed by atoms with E-state index < -0.39 is 5.92 Å². The molecule has 0 aliphatic heterocycles. The van der Waals surface area contributed by atoms with Crippen LogP contribution in [0.3, 0.4) is 0 Å². The maximum atomic E-state index is 14.1. The zero-order chi connectivity index (χ0) is 12.3. The summed E-state index contributed by atoms with van der Waals surface area (Å²) in [5.41, 5.74) is 0.111. The van der Waals surface area contributed by atoms with Gasteiger partial charge in [0.1, 0.15) is 0 Å². The van der Waals surface area contributed by atoms with Crippen LogP contribution in [-0.4, -0.2) is 29.4 Å². The number of rotatable bonds is 6. The summed E-state index contributed by atoms with van der Waals surface area (Å²) in [6, 6.07) is 8.45. The minimum Gasteiger partial charge on any atom is -0.293 e. The fourth-order valence-electron chi connectivity index (χ4n) is 1.97. The number of benzene rings is 1. The van der Waals surface area contributed by atoms with Gasteiger partial charge in [0.2, 0.25) is 0 Å². The molecule has 1 saturated carbocycles. The van der Waals surface area contributed by atoms with Crippen molar-refractivity contribution in [2.24, 2.45) is 0 Å². The molecule has 4 heteroatoms. The Labute approximate surface area is 109 Å². The Balaban J connectivity index is 2.04. The lowest BCUT2D eigenvalue weighted by Gasteiger charge is -2.26. The van der Waals surface area contributed by atoms with Gasteiger partial charge in [-0.1, -0.05) is 46.3 Å². The van der Waals surface area contributed by atoms with E-state index in [-0.39, 0.29) is 12.1 Å². The molecule has 2 rings (SSSR count). The first kappa shape index (κ1) is 13.0. The molecule has 0 radical (unpaired) electrons. The molecule has 1 aliphatic carbocycles. The van der Waals surface area contributed by atoms with Gasteiger partial charge in [-0.05, 0) is 12.8 Å². The van der Waals surface area contributed by atoms with Gasteiger partial charge in [-0.25, -0.2) is 0 Å². The van der Waals surface area contributed by atoms with E-state index in [1.54, 1.807) is 18.2 Å². The summed E-state index contributed by atoms with van der Waals surface area (Å²) >= 11 is 3.32. The number of halogens is 3. The van der Waals surface area contributed by atoms with Crippen LogP contribution in [0.1, 0.15) is 18.4 Å². The molecule has 0 bridgehead atoms. The molecule has 94 valence electrons. The molecule has 17 heavy (non-hydrogen) atoms. The molecule has 0 heterocycles. The third-order valence-corrected chi connectivity index (χ3v) is 3.39. The first-order chi connectivity index (χ1) is 8.13. The Kier molecular flexibility index (Phi) is 4.15. The van der Waals surface area contributed by atoms with E-state index in [0.29, 0.717) is 12.6 Å². The second kappa shape index (κ2) is 5.44. The minimum absolute atomic E-state index is 0.111. The Morgan fingerprint density at radius 2 is 1.88 bits per heavy atom. The van der Waals surface area contributed by atoms with Crippen molar-refractivity contribution in [3.05, 3.63) is 35.9 Å². The van der Waals surface area contributed by atoms with Crippen LogP contribution < -0.4 is 0 Å². The topological polar surface area (TPSA) is 3.24 Å². The van der Waals surface area contributed by atoms with Gasteiger partial charge in [0.05, 0.1) is 6.54 Å². The quantitative estimate of drug-likeness (QED) is 0.725. The molecule has 1 aliphatic rings. The summed E-state index contributed by atoms with van der Waals surface area (Å²) in [6.07, 6.45) is 2.11. The standard InChI is InChI=1S/C13H16BrF2N/c14-8-9-17(12-6-7-12)10-13(15,16)11-4-2-1-3-5-11/h1-5,12H,6-10H2. The molecule has 0 atom stereocenters.